The Balaban J connectivity index is 1.77. The Morgan fingerprint density at radius 2 is 1.90 bits per heavy atom. The lowest BCUT2D eigenvalue weighted by Gasteiger charge is -2.14. The van der Waals surface area contributed by atoms with E-state index in [1.165, 1.54) is 18.4 Å². The van der Waals surface area contributed by atoms with E-state index in [9.17, 15) is 4.79 Å². The number of carbonyl (C=O) groups excluding carboxylic acids is 1. The van der Waals surface area contributed by atoms with Crippen molar-refractivity contribution in [2.45, 2.75) is 39.7 Å². The summed E-state index contributed by atoms with van der Waals surface area (Å²) in [5.74, 6) is 1.40. The third-order valence-corrected chi connectivity index (χ3v) is 4.19. The van der Waals surface area contributed by atoms with Gasteiger partial charge in [-0.15, -0.1) is 0 Å². The van der Waals surface area contributed by atoms with Gasteiger partial charge in [0.15, 0.2) is 0 Å². The van der Waals surface area contributed by atoms with E-state index in [1.807, 2.05) is 12.1 Å². The third-order valence-electron chi connectivity index (χ3n) is 4.19. The first-order chi connectivity index (χ1) is 10.1. The van der Waals surface area contributed by atoms with Gasteiger partial charge in [0.05, 0.1) is 0 Å². The van der Waals surface area contributed by atoms with Crippen LogP contribution in [0, 0.1) is 11.8 Å². The zero-order valence-electron chi connectivity index (χ0n) is 13.3. The summed E-state index contributed by atoms with van der Waals surface area (Å²) in [6, 6.07) is 8.22. The number of carbonyl (C=O) groups is 1. The van der Waals surface area contributed by atoms with Crippen LogP contribution >= 0.6 is 0 Å². The maximum atomic E-state index is 11.8. The summed E-state index contributed by atoms with van der Waals surface area (Å²) >= 11 is 0. The van der Waals surface area contributed by atoms with Gasteiger partial charge in [0.25, 0.3) is 0 Å². The largest absolute Gasteiger partial charge is 0.338 e. The number of rotatable bonds is 7. The molecule has 4 nitrogen and oxygen atoms in total. The standard InChI is InChI=1S/C17H27N3O/c1-4-18-13(3)15-7-9-16(10-8-15)20-17(21)19-11-12(2)14-5-6-14/h7-10,12-14,18H,4-6,11H2,1-3H3,(H2,19,20,21). The van der Waals surface area contributed by atoms with Crippen molar-refractivity contribution in [2.24, 2.45) is 11.8 Å². The second-order valence-corrected chi connectivity index (χ2v) is 6.05. The minimum Gasteiger partial charge on any atom is -0.338 e. The number of anilines is 1. The molecule has 0 spiro atoms. The van der Waals surface area contributed by atoms with E-state index in [0.717, 1.165) is 24.7 Å². The summed E-state index contributed by atoms with van der Waals surface area (Å²) in [6.07, 6.45) is 2.63. The number of urea groups is 1. The normalized spacial score (nSPS) is 17.1. The highest BCUT2D eigenvalue weighted by Gasteiger charge is 2.27. The van der Waals surface area contributed by atoms with E-state index < -0.39 is 0 Å². The van der Waals surface area contributed by atoms with Gasteiger partial charge in [-0.1, -0.05) is 26.0 Å². The highest BCUT2D eigenvalue weighted by molar-refractivity contribution is 5.89. The summed E-state index contributed by atoms with van der Waals surface area (Å²) in [5.41, 5.74) is 2.06. The Kier molecular flexibility index (Phi) is 5.62. The first kappa shape index (κ1) is 15.8. The lowest BCUT2D eigenvalue weighted by molar-refractivity contribution is 0.250. The zero-order valence-corrected chi connectivity index (χ0v) is 13.3. The average molecular weight is 289 g/mol. The monoisotopic (exact) mass is 289 g/mol. The molecule has 1 aliphatic rings. The lowest BCUT2D eigenvalue weighted by atomic mass is 10.1. The predicted octanol–water partition coefficient (Wildman–Crippen LogP) is 3.52. The number of nitrogens with one attached hydrogen (secondary N) is 3. The van der Waals surface area contributed by atoms with Crippen LogP contribution in [-0.4, -0.2) is 19.1 Å². The molecule has 2 unspecified atom stereocenters. The van der Waals surface area contributed by atoms with Crippen LogP contribution in [0.2, 0.25) is 0 Å². The van der Waals surface area contributed by atoms with Crippen LogP contribution in [0.25, 0.3) is 0 Å². The van der Waals surface area contributed by atoms with Gasteiger partial charge in [0, 0.05) is 18.3 Å². The molecule has 3 N–H and O–H groups in total. The maximum absolute atomic E-state index is 11.8. The predicted molar refractivity (Wildman–Crippen MR) is 87.4 cm³/mol. The molecule has 0 aromatic heterocycles. The van der Waals surface area contributed by atoms with Crippen molar-refractivity contribution >= 4 is 11.7 Å². The van der Waals surface area contributed by atoms with Crippen molar-refractivity contribution in [1.29, 1.82) is 0 Å². The minimum absolute atomic E-state index is 0.116. The smallest absolute Gasteiger partial charge is 0.319 e. The van der Waals surface area contributed by atoms with Gasteiger partial charge < -0.3 is 16.0 Å². The highest BCUT2D eigenvalue weighted by Crippen LogP contribution is 2.36. The highest BCUT2D eigenvalue weighted by atomic mass is 16.2. The fraction of sp³-hybridized carbons (Fsp3) is 0.588. The molecule has 2 atom stereocenters. The number of hydrogen-bond acceptors (Lipinski definition) is 2. The topological polar surface area (TPSA) is 53.2 Å². The molecule has 2 rings (SSSR count). The Labute approximate surface area is 127 Å². The molecule has 21 heavy (non-hydrogen) atoms. The number of benzene rings is 1. The SMILES string of the molecule is CCNC(C)c1ccc(NC(=O)NCC(C)C2CC2)cc1. The Morgan fingerprint density at radius 1 is 1.24 bits per heavy atom. The molecule has 1 aromatic rings. The van der Waals surface area contributed by atoms with Gasteiger partial charge in [-0.25, -0.2) is 4.79 Å². The van der Waals surface area contributed by atoms with Crippen molar-refractivity contribution < 1.29 is 4.79 Å². The zero-order chi connectivity index (χ0) is 15.2. The van der Waals surface area contributed by atoms with Crippen molar-refractivity contribution in [3.05, 3.63) is 29.8 Å². The molecule has 0 radical (unpaired) electrons. The molecular weight excluding hydrogens is 262 g/mol. The molecule has 0 heterocycles. The van der Waals surface area contributed by atoms with Gasteiger partial charge in [0.1, 0.15) is 0 Å². The maximum Gasteiger partial charge on any atom is 0.319 e. The number of amides is 2. The second-order valence-electron chi connectivity index (χ2n) is 6.05. The van der Waals surface area contributed by atoms with Crippen LogP contribution in [0.5, 0.6) is 0 Å². The first-order valence-corrected chi connectivity index (χ1v) is 7.98. The fourth-order valence-corrected chi connectivity index (χ4v) is 2.54. The Morgan fingerprint density at radius 3 is 2.48 bits per heavy atom. The summed E-state index contributed by atoms with van der Waals surface area (Å²) in [7, 11) is 0. The molecule has 1 aliphatic carbocycles. The molecule has 1 fully saturated rings. The van der Waals surface area contributed by atoms with Crippen LogP contribution in [-0.2, 0) is 0 Å². The van der Waals surface area contributed by atoms with E-state index >= 15 is 0 Å². The van der Waals surface area contributed by atoms with E-state index in [0.29, 0.717) is 12.0 Å². The van der Waals surface area contributed by atoms with Crippen molar-refractivity contribution in [1.82, 2.24) is 10.6 Å². The minimum atomic E-state index is -0.116. The molecule has 1 saturated carbocycles. The number of hydrogen-bond donors (Lipinski definition) is 3. The van der Waals surface area contributed by atoms with Gasteiger partial charge in [-0.2, -0.15) is 0 Å². The molecule has 1 aromatic carbocycles. The Hall–Kier alpha value is -1.55. The molecule has 0 bridgehead atoms. The van der Waals surface area contributed by atoms with Crippen LogP contribution in [0.3, 0.4) is 0 Å². The Bertz CT molecular complexity index is 454. The summed E-state index contributed by atoms with van der Waals surface area (Å²) < 4.78 is 0. The summed E-state index contributed by atoms with van der Waals surface area (Å²) in [4.78, 5) is 11.8. The molecule has 0 aliphatic heterocycles. The quantitative estimate of drug-likeness (QED) is 0.719. The van der Waals surface area contributed by atoms with Crippen LogP contribution in [0.15, 0.2) is 24.3 Å². The summed E-state index contributed by atoms with van der Waals surface area (Å²) in [6.45, 7) is 8.14. The average Bonchev–Trinajstić information content (AvgIpc) is 3.30. The van der Waals surface area contributed by atoms with Gasteiger partial charge >= 0.3 is 6.03 Å². The molecule has 4 heteroatoms. The first-order valence-electron chi connectivity index (χ1n) is 7.98. The van der Waals surface area contributed by atoms with Crippen molar-refractivity contribution in [2.75, 3.05) is 18.4 Å². The van der Waals surface area contributed by atoms with E-state index in [-0.39, 0.29) is 6.03 Å². The molecular formula is C17H27N3O. The van der Waals surface area contributed by atoms with E-state index in [1.54, 1.807) is 0 Å². The van der Waals surface area contributed by atoms with Crippen LogP contribution < -0.4 is 16.0 Å². The molecule has 2 amide bonds. The van der Waals surface area contributed by atoms with Crippen LogP contribution in [0.4, 0.5) is 10.5 Å². The fourth-order valence-electron chi connectivity index (χ4n) is 2.54. The lowest BCUT2D eigenvalue weighted by Crippen LogP contribution is -2.32. The van der Waals surface area contributed by atoms with E-state index in [4.69, 9.17) is 0 Å². The second kappa shape index (κ2) is 7.46. The van der Waals surface area contributed by atoms with Crippen LogP contribution in [0.1, 0.15) is 45.2 Å². The van der Waals surface area contributed by atoms with Gasteiger partial charge in [0.2, 0.25) is 0 Å². The van der Waals surface area contributed by atoms with E-state index in [2.05, 4.69) is 48.9 Å². The molecule has 0 saturated heterocycles. The van der Waals surface area contributed by atoms with Gasteiger partial charge in [-0.05, 0) is 55.8 Å². The molecule has 116 valence electrons. The third kappa shape index (κ3) is 5.05. The van der Waals surface area contributed by atoms with Crippen molar-refractivity contribution in [3.63, 3.8) is 0 Å². The van der Waals surface area contributed by atoms with Gasteiger partial charge in [-0.3, -0.25) is 0 Å². The van der Waals surface area contributed by atoms with Crippen molar-refractivity contribution in [3.8, 4) is 0 Å². The summed E-state index contributed by atoms with van der Waals surface area (Å²) in [5, 5.41) is 9.20.